The molecule has 1 aromatic carbocycles. The van der Waals surface area contributed by atoms with Crippen molar-refractivity contribution in [1.29, 1.82) is 0 Å². The molecular formula is C18H19N9O3. The van der Waals surface area contributed by atoms with Crippen LogP contribution < -0.4 is 16.6 Å². The molecule has 12 heteroatoms. The summed E-state index contributed by atoms with van der Waals surface area (Å²) < 4.78 is 5.54. The Morgan fingerprint density at radius 3 is 2.73 bits per heavy atom. The SMILES string of the molecule is Cn1c(=O)c2c(ncn2CCCC(=O)Nc2cccc(-n3cnnn3)c2)n(C)c1=O. The van der Waals surface area contributed by atoms with Crippen molar-refractivity contribution in [2.75, 3.05) is 5.32 Å². The first-order valence-corrected chi connectivity index (χ1v) is 9.20. The second-order valence-electron chi connectivity index (χ2n) is 6.77. The van der Waals surface area contributed by atoms with Crippen LogP contribution in [0.1, 0.15) is 12.8 Å². The summed E-state index contributed by atoms with van der Waals surface area (Å²) in [5, 5.41) is 13.8. The Labute approximate surface area is 169 Å². The van der Waals surface area contributed by atoms with E-state index in [1.54, 1.807) is 29.8 Å². The van der Waals surface area contributed by atoms with E-state index >= 15 is 0 Å². The van der Waals surface area contributed by atoms with Gasteiger partial charge in [0.25, 0.3) is 5.56 Å². The number of carbonyl (C=O) groups excluding carboxylic acids is 1. The summed E-state index contributed by atoms with van der Waals surface area (Å²) in [6, 6.07) is 7.16. The Balaban J connectivity index is 1.42. The Hall–Kier alpha value is -4.09. The molecule has 4 rings (SSSR count). The molecule has 4 aromatic rings. The number of aryl methyl sites for hydroxylation is 2. The lowest BCUT2D eigenvalue weighted by Crippen LogP contribution is -2.37. The molecule has 0 unspecified atom stereocenters. The number of imidazole rings is 1. The fourth-order valence-electron chi connectivity index (χ4n) is 3.21. The highest BCUT2D eigenvalue weighted by Gasteiger charge is 2.14. The van der Waals surface area contributed by atoms with Gasteiger partial charge >= 0.3 is 5.69 Å². The summed E-state index contributed by atoms with van der Waals surface area (Å²) in [5.41, 5.74) is 1.19. The Kier molecular flexibility index (Phi) is 4.96. The summed E-state index contributed by atoms with van der Waals surface area (Å²) in [6.45, 7) is 0.419. The highest BCUT2D eigenvalue weighted by atomic mass is 16.2. The molecule has 0 atom stereocenters. The molecule has 154 valence electrons. The minimum absolute atomic E-state index is 0.159. The first kappa shape index (κ1) is 19.2. The van der Waals surface area contributed by atoms with Crippen molar-refractivity contribution in [1.82, 2.24) is 38.9 Å². The zero-order valence-electron chi connectivity index (χ0n) is 16.4. The van der Waals surface area contributed by atoms with E-state index in [2.05, 4.69) is 25.8 Å². The van der Waals surface area contributed by atoms with Gasteiger partial charge < -0.3 is 9.88 Å². The fraction of sp³-hybridized carbons (Fsp3) is 0.278. The Morgan fingerprint density at radius 1 is 1.13 bits per heavy atom. The molecule has 0 aliphatic heterocycles. The van der Waals surface area contributed by atoms with Gasteiger partial charge in [-0.15, -0.1) is 5.10 Å². The molecule has 0 spiro atoms. The summed E-state index contributed by atoms with van der Waals surface area (Å²) in [5.74, 6) is -0.159. The fourth-order valence-corrected chi connectivity index (χ4v) is 3.21. The average Bonchev–Trinajstić information content (AvgIpc) is 3.41. The van der Waals surface area contributed by atoms with Gasteiger partial charge in [0, 0.05) is 32.7 Å². The highest BCUT2D eigenvalue weighted by Crippen LogP contribution is 2.14. The maximum absolute atomic E-state index is 12.4. The molecule has 0 saturated carbocycles. The number of fused-ring (bicyclic) bond motifs is 1. The second kappa shape index (κ2) is 7.73. The Bertz CT molecular complexity index is 1330. The minimum Gasteiger partial charge on any atom is -0.326 e. The number of nitrogens with zero attached hydrogens (tertiary/aromatic N) is 8. The van der Waals surface area contributed by atoms with Crippen molar-refractivity contribution in [2.24, 2.45) is 14.1 Å². The van der Waals surface area contributed by atoms with E-state index in [9.17, 15) is 14.4 Å². The van der Waals surface area contributed by atoms with Crippen LogP contribution in [-0.4, -0.2) is 44.8 Å². The molecule has 1 N–H and O–H groups in total. The number of aromatic nitrogens is 8. The van der Waals surface area contributed by atoms with E-state index in [-0.39, 0.29) is 12.3 Å². The van der Waals surface area contributed by atoms with Crippen LogP contribution in [-0.2, 0) is 25.4 Å². The maximum atomic E-state index is 12.4. The van der Waals surface area contributed by atoms with Gasteiger partial charge in [0.15, 0.2) is 11.2 Å². The maximum Gasteiger partial charge on any atom is 0.332 e. The van der Waals surface area contributed by atoms with Crippen LogP contribution in [0.5, 0.6) is 0 Å². The minimum atomic E-state index is -0.430. The molecule has 30 heavy (non-hydrogen) atoms. The van der Waals surface area contributed by atoms with Gasteiger partial charge in [0.05, 0.1) is 12.0 Å². The normalized spacial score (nSPS) is 11.1. The molecule has 0 aliphatic carbocycles. The summed E-state index contributed by atoms with van der Waals surface area (Å²) >= 11 is 0. The standard InChI is InChI=1S/C18H19N9O3/c1-24-16-15(17(29)25(2)18(24)30)26(10-19-16)8-4-7-14(28)21-12-5-3-6-13(9-12)27-11-20-22-23-27/h3,5-6,9-11H,4,7-8H2,1-2H3,(H,21,28). The molecule has 0 bridgehead atoms. The topological polar surface area (TPSA) is 135 Å². The van der Waals surface area contributed by atoms with Gasteiger partial charge in [0.1, 0.15) is 6.33 Å². The van der Waals surface area contributed by atoms with Gasteiger partial charge in [-0.25, -0.2) is 14.5 Å². The molecule has 0 saturated heterocycles. The second-order valence-corrected chi connectivity index (χ2v) is 6.77. The third-order valence-electron chi connectivity index (χ3n) is 4.76. The first-order chi connectivity index (χ1) is 14.5. The number of hydrogen-bond acceptors (Lipinski definition) is 7. The lowest BCUT2D eigenvalue weighted by Gasteiger charge is -2.08. The number of rotatable bonds is 6. The molecule has 12 nitrogen and oxygen atoms in total. The summed E-state index contributed by atoms with van der Waals surface area (Å²) in [4.78, 5) is 40.9. The van der Waals surface area contributed by atoms with Gasteiger partial charge in [-0.1, -0.05) is 6.07 Å². The molecule has 0 aliphatic rings. The largest absolute Gasteiger partial charge is 0.332 e. The molecule has 1 amide bonds. The first-order valence-electron chi connectivity index (χ1n) is 9.20. The molecule has 0 radical (unpaired) electrons. The van der Waals surface area contributed by atoms with Crippen molar-refractivity contribution >= 4 is 22.8 Å². The van der Waals surface area contributed by atoms with Gasteiger partial charge in [-0.2, -0.15) is 0 Å². The van der Waals surface area contributed by atoms with E-state index < -0.39 is 11.2 Å². The van der Waals surface area contributed by atoms with Gasteiger partial charge in [-0.3, -0.25) is 18.7 Å². The molecule has 0 fully saturated rings. The van der Waals surface area contributed by atoms with Crippen LogP contribution in [0, 0.1) is 0 Å². The molecule has 3 aromatic heterocycles. The number of anilines is 1. The quantitative estimate of drug-likeness (QED) is 0.467. The smallest absolute Gasteiger partial charge is 0.326 e. The number of tetrazole rings is 1. The molecular weight excluding hydrogens is 390 g/mol. The third-order valence-corrected chi connectivity index (χ3v) is 4.76. The van der Waals surface area contributed by atoms with Crippen LogP contribution >= 0.6 is 0 Å². The summed E-state index contributed by atoms with van der Waals surface area (Å²) in [7, 11) is 3.00. The highest BCUT2D eigenvalue weighted by molar-refractivity contribution is 5.90. The average molecular weight is 409 g/mol. The lowest BCUT2D eigenvalue weighted by molar-refractivity contribution is -0.116. The van der Waals surface area contributed by atoms with Crippen LogP contribution in [0.4, 0.5) is 5.69 Å². The van der Waals surface area contributed by atoms with E-state index in [4.69, 9.17) is 0 Å². The van der Waals surface area contributed by atoms with E-state index in [0.29, 0.717) is 29.8 Å². The predicted octanol–water partition coefficient (Wildman–Crippen LogP) is -0.172. The van der Waals surface area contributed by atoms with Crippen molar-refractivity contribution in [3.63, 3.8) is 0 Å². The monoisotopic (exact) mass is 409 g/mol. The van der Waals surface area contributed by atoms with E-state index in [1.807, 2.05) is 6.07 Å². The third kappa shape index (κ3) is 3.50. The van der Waals surface area contributed by atoms with Crippen molar-refractivity contribution in [2.45, 2.75) is 19.4 Å². The number of carbonyl (C=O) groups is 1. The number of nitrogens with one attached hydrogen (secondary N) is 1. The van der Waals surface area contributed by atoms with Crippen LogP contribution in [0.15, 0.2) is 46.5 Å². The van der Waals surface area contributed by atoms with Crippen LogP contribution in [0.25, 0.3) is 16.9 Å². The lowest BCUT2D eigenvalue weighted by atomic mass is 10.2. The van der Waals surface area contributed by atoms with Crippen molar-refractivity contribution in [3.8, 4) is 5.69 Å². The summed E-state index contributed by atoms with van der Waals surface area (Å²) in [6.07, 6.45) is 3.73. The van der Waals surface area contributed by atoms with Gasteiger partial charge in [-0.05, 0) is 35.0 Å². The number of hydrogen-bond donors (Lipinski definition) is 1. The van der Waals surface area contributed by atoms with Crippen LogP contribution in [0.2, 0.25) is 0 Å². The van der Waals surface area contributed by atoms with Gasteiger partial charge in [0.2, 0.25) is 5.91 Å². The van der Waals surface area contributed by atoms with Crippen LogP contribution in [0.3, 0.4) is 0 Å². The zero-order chi connectivity index (χ0) is 21.3. The van der Waals surface area contributed by atoms with Crippen molar-refractivity contribution < 1.29 is 4.79 Å². The van der Waals surface area contributed by atoms with E-state index in [0.717, 1.165) is 10.3 Å². The number of amides is 1. The Morgan fingerprint density at radius 2 is 1.97 bits per heavy atom. The zero-order valence-corrected chi connectivity index (χ0v) is 16.4. The van der Waals surface area contributed by atoms with E-state index in [1.165, 1.54) is 29.0 Å². The predicted molar refractivity (Wildman–Crippen MR) is 107 cm³/mol. The van der Waals surface area contributed by atoms with Crippen molar-refractivity contribution in [3.05, 3.63) is 57.8 Å². The molecule has 3 heterocycles. The number of benzene rings is 1.